The lowest BCUT2D eigenvalue weighted by Crippen LogP contribution is -2.58. The first kappa shape index (κ1) is 16.3. The summed E-state index contributed by atoms with van der Waals surface area (Å²) in [6, 6.07) is 4.38. The van der Waals surface area contributed by atoms with E-state index in [2.05, 4.69) is 22.5 Å². The van der Waals surface area contributed by atoms with E-state index >= 15 is 0 Å². The molecule has 1 heterocycles. The Hall–Kier alpha value is -1.10. The monoisotopic (exact) mass is 309 g/mol. The highest BCUT2D eigenvalue weighted by atomic mass is 35.5. The molecule has 0 atom stereocenters. The van der Waals surface area contributed by atoms with Crippen LogP contribution in [0.25, 0.3) is 0 Å². The molecule has 0 unspecified atom stereocenters. The van der Waals surface area contributed by atoms with Crippen LogP contribution in [0.1, 0.15) is 24.5 Å². The van der Waals surface area contributed by atoms with Gasteiger partial charge in [0.1, 0.15) is 0 Å². The van der Waals surface area contributed by atoms with Crippen molar-refractivity contribution in [1.82, 2.24) is 10.2 Å². The van der Waals surface area contributed by atoms with E-state index in [1.165, 1.54) is 0 Å². The molecule has 1 aliphatic heterocycles. The van der Waals surface area contributed by atoms with Crippen LogP contribution < -0.4 is 10.6 Å². The lowest BCUT2D eigenvalue weighted by molar-refractivity contribution is -0.118. The van der Waals surface area contributed by atoms with Gasteiger partial charge in [0.15, 0.2) is 0 Å². The van der Waals surface area contributed by atoms with Crippen LogP contribution in [0, 0.1) is 13.8 Å². The minimum atomic E-state index is 0.00389. The number of rotatable bonds is 6. The van der Waals surface area contributed by atoms with Gasteiger partial charge in [0.2, 0.25) is 5.91 Å². The fourth-order valence-corrected chi connectivity index (χ4v) is 3.02. The van der Waals surface area contributed by atoms with E-state index < -0.39 is 0 Å². The maximum Gasteiger partial charge on any atom is 0.238 e. The largest absolute Gasteiger partial charge is 0.323 e. The molecule has 5 heteroatoms. The third-order valence-electron chi connectivity index (χ3n) is 3.83. The van der Waals surface area contributed by atoms with Crippen molar-refractivity contribution in [2.75, 3.05) is 31.5 Å². The molecule has 1 amide bonds. The predicted octanol–water partition coefficient (Wildman–Crippen LogP) is 2.58. The van der Waals surface area contributed by atoms with Crippen LogP contribution in [0.5, 0.6) is 0 Å². The van der Waals surface area contributed by atoms with Gasteiger partial charge in [-0.2, -0.15) is 0 Å². The molecule has 1 aromatic rings. The molecule has 1 aliphatic rings. The molecule has 1 aromatic carbocycles. The summed E-state index contributed by atoms with van der Waals surface area (Å²) in [6.07, 6.45) is 1.05. The second-order valence-electron chi connectivity index (χ2n) is 5.77. The van der Waals surface area contributed by atoms with Gasteiger partial charge in [0.25, 0.3) is 0 Å². The van der Waals surface area contributed by atoms with Crippen LogP contribution in [-0.2, 0) is 4.79 Å². The average Bonchev–Trinajstić information content (AvgIpc) is 2.31. The number of halogens is 1. The van der Waals surface area contributed by atoms with E-state index in [0.717, 1.165) is 42.9 Å². The Kier molecular flexibility index (Phi) is 5.62. The third-order valence-corrected chi connectivity index (χ3v) is 4.13. The molecule has 2 rings (SSSR count). The van der Waals surface area contributed by atoms with E-state index in [-0.39, 0.29) is 5.91 Å². The first-order valence-electron chi connectivity index (χ1n) is 7.52. The number of nitrogens with one attached hydrogen (secondary N) is 2. The van der Waals surface area contributed by atoms with Crippen LogP contribution in [0.15, 0.2) is 12.1 Å². The molecule has 0 bridgehead atoms. The van der Waals surface area contributed by atoms with Gasteiger partial charge in [0.05, 0.1) is 17.3 Å². The van der Waals surface area contributed by atoms with E-state index in [1.54, 1.807) is 0 Å². The molecular weight excluding hydrogens is 286 g/mol. The maximum atomic E-state index is 12.3. The molecule has 1 fully saturated rings. The molecule has 0 aliphatic carbocycles. The molecular formula is C16H24ClN3O. The maximum absolute atomic E-state index is 12.3. The van der Waals surface area contributed by atoms with E-state index in [1.807, 2.05) is 26.0 Å². The minimum Gasteiger partial charge on any atom is -0.323 e. The van der Waals surface area contributed by atoms with Gasteiger partial charge in [-0.1, -0.05) is 24.6 Å². The highest BCUT2D eigenvalue weighted by Crippen LogP contribution is 2.27. The van der Waals surface area contributed by atoms with Crippen molar-refractivity contribution in [3.8, 4) is 0 Å². The van der Waals surface area contributed by atoms with Gasteiger partial charge in [-0.3, -0.25) is 9.69 Å². The van der Waals surface area contributed by atoms with Crippen molar-refractivity contribution >= 4 is 23.2 Å². The van der Waals surface area contributed by atoms with Crippen LogP contribution in [-0.4, -0.2) is 43.0 Å². The standard InChI is InChI=1S/C16H24ClN3O/c1-4-5-20(13-8-18-9-13)10-15(21)19-16-12(3)6-11(2)7-14(16)17/h6-7,13,18H,4-5,8-10H2,1-3H3,(H,19,21). The number of amides is 1. The van der Waals surface area contributed by atoms with Crippen molar-refractivity contribution < 1.29 is 4.79 Å². The number of benzene rings is 1. The zero-order valence-electron chi connectivity index (χ0n) is 13.0. The van der Waals surface area contributed by atoms with Crippen LogP contribution in [0.4, 0.5) is 5.69 Å². The Morgan fingerprint density at radius 1 is 1.43 bits per heavy atom. The fourth-order valence-electron chi connectivity index (χ4n) is 2.65. The number of nitrogens with zero attached hydrogens (tertiary/aromatic N) is 1. The smallest absolute Gasteiger partial charge is 0.238 e. The van der Waals surface area contributed by atoms with Crippen molar-refractivity contribution in [3.63, 3.8) is 0 Å². The third kappa shape index (κ3) is 4.19. The molecule has 1 saturated heterocycles. The Labute approximate surface area is 131 Å². The number of aryl methyl sites for hydroxylation is 2. The number of hydrogen-bond acceptors (Lipinski definition) is 3. The normalized spacial score (nSPS) is 15.1. The predicted molar refractivity (Wildman–Crippen MR) is 88.1 cm³/mol. The summed E-state index contributed by atoms with van der Waals surface area (Å²) >= 11 is 6.24. The summed E-state index contributed by atoms with van der Waals surface area (Å²) in [4.78, 5) is 14.5. The first-order chi connectivity index (χ1) is 10.0. The van der Waals surface area contributed by atoms with Crippen LogP contribution in [0.2, 0.25) is 5.02 Å². The lowest BCUT2D eigenvalue weighted by Gasteiger charge is -2.37. The molecule has 0 radical (unpaired) electrons. The average molecular weight is 310 g/mol. The molecule has 4 nitrogen and oxygen atoms in total. The number of hydrogen-bond donors (Lipinski definition) is 2. The topological polar surface area (TPSA) is 44.4 Å². The molecule has 2 N–H and O–H groups in total. The molecule has 0 spiro atoms. The van der Waals surface area contributed by atoms with Crippen molar-refractivity contribution in [1.29, 1.82) is 0 Å². The van der Waals surface area contributed by atoms with Gasteiger partial charge < -0.3 is 10.6 Å². The Balaban J connectivity index is 2.00. The zero-order valence-corrected chi connectivity index (χ0v) is 13.8. The number of anilines is 1. The number of carbonyl (C=O) groups excluding carboxylic acids is 1. The van der Waals surface area contributed by atoms with Gasteiger partial charge in [-0.05, 0) is 44.0 Å². The quantitative estimate of drug-likeness (QED) is 0.849. The first-order valence-corrected chi connectivity index (χ1v) is 7.90. The van der Waals surface area contributed by atoms with Crippen LogP contribution >= 0.6 is 11.6 Å². The highest BCUT2D eigenvalue weighted by Gasteiger charge is 2.25. The van der Waals surface area contributed by atoms with Gasteiger partial charge in [-0.15, -0.1) is 0 Å². The van der Waals surface area contributed by atoms with Gasteiger partial charge in [0, 0.05) is 19.1 Å². The second kappa shape index (κ2) is 7.25. The summed E-state index contributed by atoms with van der Waals surface area (Å²) in [5.41, 5.74) is 2.83. The van der Waals surface area contributed by atoms with Crippen molar-refractivity contribution in [2.24, 2.45) is 0 Å². The van der Waals surface area contributed by atoms with Crippen molar-refractivity contribution in [3.05, 3.63) is 28.3 Å². The zero-order chi connectivity index (χ0) is 15.4. The highest BCUT2D eigenvalue weighted by molar-refractivity contribution is 6.34. The van der Waals surface area contributed by atoms with Crippen LogP contribution in [0.3, 0.4) is 0 Å². The van der Waals surface area contributed by atoms with Gasteiger partial charge in [-0.25, -0.2) is 0 Å². The summed E-state index contributed by atoms with van der Waals surface area (Å²) in [7, 11) is 0. The number of carbonyl (C=O) groups is 1. The Morgan fingerprint density at radius 2 is 2.14 bits per heavy atom. The Morgan fingerprint density at radius 3 is 2.67 bits per heavy atom. The molecule has 0 aromatic heterocycles. The summed E-state index contributed by atoms with van der Waals surface area (Å²) in [5.74, 6) is 0.00389. The van der Waals surface area contributed by atoms with E-state index in [4.69, 9.17) is 11.6 Å². The minimum absolute atomic E-state index is 0.00389. The van der Waals surface area contributed by atoms with E-state index in [0.29, 0.717) is 17.6 Å². The fraction of sp³-hybridized carbons (Fsp3) is 0.562. The SMILES string of the molecule is CCCN(CC(=O)Nc1c(C)cc(C)cc1Cl)C1CNC1. The summed E-state index contributed by atoms with van der Waals surface area (Å²) < 4.78 is 0. The molecule has 116 valence electrons. The summed E-state index contributed by atoms with van der Waals surface area (Å²) in [5, 5.41) is 6.82. The van der Waals surface area contributed by atoms with Crippen molar-refractivity contribution in [2.45, 2.75) is 33.2 Å². The molecule has 0 saturated carbocycles. The van der Waals surface area contributed by atoms with Gasteiger partial charge >= 0.3 is 0 Å². The molecule has 21 heavy (non-hydrogen) atoms. The second-order valence-corrected chi connectivity index (χ2v) is 6.18. The lowest BCUT2D eigenvalue weighted by atomic mass is 10.1. The van der Waals surface area contributed by atoms with E-state index in [9.17, 15) is 4.79 Å². The Bertz CT molecular complexity index is 491. The summed E-state index contributed by atoms with van der Waals surface area (Å²) in [6.45, 7) is 9.41.